The lowest BCUT2D eigenvalue weighted by atomic mass is 9.86. The number of carbonyl (C=O) groups excluding carboxylic acids is 1. The van der Waals surface area contributed by atoms with Gasteiger partial charge in [0, 0.05) is 5.57 Å². The smallest absolute Gasteiger partial charge is 0.333 e. The fraction of sp³-hybridized carbons (Fsp3) is 0.615. The minimum Gasteiger partial charge on any atom is -0.466 e. The molecule has 0 rings (SSSR count). The van der Waals surface area contributed by atoms with Crippen molar-refractivity contribution in [3.63, 3.8) is 0 Å². The van der Waals surface area contributed by atoms with Gasteiger partial charge in [-0.05, 0) is 31.8 Å². The van der Waals surface area contributed by atoms with Crippen LogP contribution in [0.25, 0.3) is 0 Å². The molecule has 0 saturated heterocycles. The van der Waals surface area contributed by atoms with Gasteiger partial charge < -0.3 is 4.74 Å². The Balaban J connectivity index is 5.04. The molecule has 0 unspecified atom stereocenters. The molecule has 0 aromatic rings. The third kappa shape index (κ3) is 4.32. The highest BCUT2D eigenvalue weighted by Gasteiger charge is 2.13. The molecule has 0 radical (unpaired) electrons. The van der Waals surface area contributed by atoms with E-state index in [4.69, 9.17) is 0 Å². The third-order valence-corrected chi connectivity index (χ3v) is 2.70. The predicted octanol–water partition coefficient (Wildman–Crippen LogP) is 3.49. The number of methoxy groups -OCH3 is 1. The third-order valence-electron chi connectivity index (χ3n) is 2.70. The monoisotopic (exact) mass is 210 g/mol. The zero-order chi connectivity index (χ0) is 12.2. The van der Waals surface area contributed by atoms with Crippen molar-refractivity contribution in [1.29, 1.82) is 0 Å². The number of hydrogen-bond donors (Lipinski definition) is 0. The minimum absolute atomic E-state index is 0.137. The Morgan fingerprint density at radius 3 is 1.93 bits per heavy atom. The van der Waals surface area contributed by atoms with Gasteiger partial charge in [0.2, 0.25) is 0 Å². The van der Waals surface area contributed by atoms with Crippen LogP contribution in [0, 0.1) is 5.41 Å². The molecule has 0 aliphatic heterocycles. The zero-order valence-electron chi connectivity index (χ0n) is 10.9. The summed E-state index contributed by atoms with van der Waals surface area (Å²) in [6.07, 6.45) is 2.05. The fourth-order valence-corrected chi connectivity index (χ4v) is 0.964. The van der Waals surface area contributed by atoms with Crippen LogP contribution >= 0.6 is 0 Å². The first-order valence-electron chi connectivity index (χ1n) is 5.14. The van der Waals surface area contributed by atoms with Gasteiger partial charge in [0.25, 0.3) is 0 Å². The van der Waals surface area contributed by atoms with E-state index >= 15 is 0 Å². The number of allylic oxidation sites excluding steroid dienone is 3. The highest BCUT2D eigenvalue weighted by atomic mass is 16.5. The number of rotatable bonds is 2. The van der Waals surface area contributed by atoms with E-state index in [2.05, 4.69) is 32.4 Å². The Bertz CT molecular complexity index is 301. The molecule has 0 aromatic carbocycles. The molecule has 0 heterocycles. The maximum Gasteiger partial charge on any atom is 0.333 e. The molecule has 0 aromatic heterocycles. The second-order valence-corrected chi connectivity index (χ2v) is 4.88. The second-order valence-electron chi connectivity index (χ2n) is 4.88. The van der Waals surface area contributed by atoms with Crippen molar-refractivity contribution in [2.45, 2.75) is 41.5 Å². The molecule has 0 aliphatic carbocycles. The molecule has 0 fully saturated rings. The first kappa shape index (κ1) is 13.9. The molecule has 0 amide bonds. The minimum atomic E-state index is -0.259. The van der Waals surface area contributed by atoms with E-state index in [9.17, 15) is 4.79 Å². The molecule has 0 atom stereocenters. The van der Waals surface area contributed by atoms with Crippen LogP contribution in [0.2, 0.25) is 0 Å². The Hall–Kier alpha value is -1.05. The van der Waals surface area contributed by atoms with Crippen LogP contribution in [0.1, 0.15) is 41.5 Å². The van der Waals surface area contributed by atoms with E-state index in [1.807, 2.05) is 13.0 Å². The molecule has 15 heavy (non-hydrogen) atoms. The van der Waals surface area contributed by atoms with Gasteiger partial charge in [0.05, 0.1) is 7.11 Å². The topological polar surface area (TPSA) is 26.3 Å². The molecular weight excluding hydrogens is 188 g/mol. The largest absolute Gasteiger partial charge is 0.466 e. The summed E-state index contributed by atoms with van der Waals surface area (Å²) in [5.41, 5.74) is 3.02. The normalized spacial score (nSPS) is 14.7. The summed E-state index contributed by atoms with van der Waals surface area (Å²) in [5, 5.41) is 0. The quantitative estimate of drug-likeness (QED) is 0.396. The number of esters is 1. The lowest BCUT2D eigenvalue weighted by Gasteiger charge is -2.19. The van der Waals surface area contributed by atoms with E-state index in [0.29, 0.717) is 5.57 Å². The van der Waals surface area contributed by atoms with Crippen molar-refractivity contribution >= 4 is 5.97 Å². The fourth-order valence-electron chi connectivity index (χ4n) is 0.964. The number of carbonyl (C=O) groups is 1. The van der Waals surface area contributed by atoms with Crippen molar-refractivity contribution in [2.24, 2.45) is 5.41 Å². The van der Waals surface area contributed by atoms with Crippen LogP contribution in [0.15, 0.2) is 22.8 Å². The summed E-state index contributed by atoms with van der Waals surface area (Å²) >= 11 is 0. The number of hydrogen-bond acceptors (Lipinski definition) is 2. The van der Waals surface area contributed by atoms with Crippen molar-refractivity contribution in [3.05, 3.63) is 22.8 Å². The van der Waals surface area contributed by atoms with Crippen molar-refractivity contribution in [1.82, 2.24) is 0 Å². The zero-order valence-corrected chi connectivity index (χ0v) is 10.9. The molecule has 0 saturated carbocycles. The Morgan fingerprint density at radius 2 is 1.60 bits per heavy atom. The number of ether oxygens (including phenoxy) is 1. The maximum atomic E-state index is 11.3. The van der Waals surface area contributed by atoms with Crippen LogP contribution < -0.4 is 0 Å². The summed E-state index contributed by atoms with van der Waals surface area (Å²) < 4.78 is 4.67. The van der Waals surface area contributed by atoms with Gasteiger partial charge in [-0.3, -0.25) is 0 Å². The summed E-state index contributed by atoms with van der Waals surface area (Å²) in [6, 6.07) is 0. The van der Waals surface area contributed by atoms with E-state index in [-0.39, 0.29) is 11.4 Å². The molecule has 0 aliphatic rings. The standard InChI is InChI=1S/C13H22O2/c1-9(11(3)12(14)15-7)8-10(2)13(4,5)6/h8H,1-7H3/b10-8+,11-9+. The van der Waals surface area contributed by atoms with Crippen LogP contribution in [-0.2, 0) is 9.53 Å². The summed E-state index contributed by atoms with van der Waals surface area (Å²) in [5.74, 6) is -0.259. The van der Waals surface area contributed by atoms with Gasteiger partial charge >= 0.3 is 5.97 Å². The SMILES string of the molecule is COC(=O)/C(C)=C(C)/C=C(\C)C(C)(C)C. The van der Waals surface area contributed by atoms with Gasteiger partial charge in [-0.1, -0.05) is 32.4 Å². The van der Waals surface area contributed by atoms with Gasteiger partial charge in [-0.15, -0.1) is 0 Å². The van der Waals surface area contributed by atoms with Crippen molar-refractivity contribution in [3.8, 4) is 0 Å². The second kappa shape index (κ2) is 5.15. The molecule has 86 valence electrons. The first-order valence-corrected chi connectivity index (χ1v) is 5.14. The lowest BCUT2D eigenvalue weighted by molar-refractivity contribution is -0.136. The average molecular weight is 210 g/mol. The van der Waals surface area contributed by atoms with Gasteiger partial charge in [-0.25, -0.2) is 4.79 Å². The van der Waals surface area contributed by atoms with Gasteiger partial charge in [0.15, 0.2) is 0 Å². The van der Waals surface area contributed by atoms with Gasteiger partial charge in [-0.2, -0.15) is 0 Å². The Morgan fingerprint density at radius 1 is 1.13 bits per heavy atom. The van der Waals surface area contributed by atoms with Crippen molar-refractivity contribution < 1.29 is 9.53 Å². The average Bonchev–Trinajstić information content (AvgIpc) is 2.13. The highest BCUT2D eigenvalue weighted by Crippen LogP contribution is 2.26. The highest BCUT2D eigenvalue weighted by molar-refractivity contribution is 5.89. The van der Waals surface area contributed by atoms with Gasteiger partial charge in [0.1, 0.15) is 0 Å². The van der Waals surface area contributed by atoms with E-state index in [1.165, 1.54) is 12.7 Å². The van der Waals surface area contributed by atoms with Crippen LogP contribution in [0.4, 0.5) is 0 Å². The summed E-state index contributed by atoms with van der Waals surface area (Å²) in [4.78, 5) is 11.3. The van der Waals surface area contributed by atoms with E-state index in [0.717, 1.165) is 5.57 Å². The van der Waals surface area contributed by atoms with Crippen molar-refractivity contribution in [2.75, 3.05) is 7.11 Å². The van der Waals surface area contributed by atoms with E-state index in [1.54, 1.807) is 6.92 Å². The van der Waals surface area contributed by atoms with E-state index < -0.39 is 0 Å². The summed E-state index contributed by atoms with van der Waals surface area (Å²) in [6.45, 7) is 12.3. The van der Waals surface area contributed by atoms with Crippen LogP contribution in [-0.4, -0.2) is 13.1 Å². The summed E-state index contributed by atoms with van der Waals surface area (Å²) in [7, 11) is 1.40. The molecule has 0 N–H and O–H groups in total. The van der Waals surface area contributed by atoms with Crippen LogP contribution in [0.3, 0.4) is 0 Å². The Labute approximate surface area is 93.0 Å². The molecule has 2 heteroatoms. The maximum absolute atomic E-state index is 11.3. The lowest BCUT2D eigenvalue weighted by Crippen LogP contribution is -2.08. The molecule has 0 bridgehead atoms. The first-order chi connectivity index (χ1) is 6.70. The predicted molar refractivity (Wildman–Crippen MR) is 63.6 cm³/mol. The van der Waals surface area contributed by atoms with Crippen LogP contribution in [0.5, 0.6) is 0 Å². The molecular formula is C13H22O2. The molecule has 2 nitrogen and oxygen atoms in total. The Kier molecular flexibility index (Phi) is 4.79. The molecule has 0 spiro atoms.